The maximum absolute atomic E-state index is 12.4. The van der Waals surface area contributed by atoms with Crippen LogP contribution in [0.1, 0.15) is 5.56 Å². The third-order valence-electron chi connectivity index (χ3n) is 3.22. The minimum atomic E-state index is -2.99. The number of halogens is 3. The van der Waals surface area contributed by atoms with Crippen molar-refractivity contribution in [3.63, 3.8) is 0 Å². The second-order valence-corrected chi connectivity index (χ2v) is 5.14. The molecule has 0 N–H and O–H groups in total. The molecule has 0 bridgehead atoms. The van der Waals surface area contributed by atoms with Crippen molar-refractivity contribution in [3.05, 3.63) is 53.3 Å². The Bertz CT molecular complexity index is 896. The van der Waals surface area contributed by atoms with Crippen LogP contribution in [-0.4, -0.2) is 29.6 Å². The minimum absolute atomic E-state index is 0.00610. The van der Waals surface area contributed by atoms with Gasteiger partial charge in [0, 0.05) is 0 Å². The van der Waals surface area contributed by atoms with Gasteiger partial charge in [-0.3, -0.25) is 0 Å². The van der Waals surface area contributed by atoms with Crippen LogP contribution >= 0.6 is 11.6 Å². The number of para-hydroxylation sites is 2. The molecule has 0 saturated carbocycles. The van der Waals surface area contributed by atoms with Crippen molar-refractivity contribution < 1.29 is 18.3 Å². The third-order valence-corrected chi connectivity index (χ3v) is 3.51. The van der Waals surface area contributed by atoms with E-state index in [2.05, 4.69) is 14.8 Å². The molecule has 0 spiro atoms. The number of hydrogen-bond acceptors (Lipinski definition) is 4. The zero-order chi connectivity index (χ0) is 17.1. The van der Waals surface area contributed by atoms with Gasteiger partial charge >= 0.3 is 6.61 Å². The fourth-order valence-corrected chi connectivity index (χ4v) is 2.45. The van der Waals surface area contributed by atoms with Crippen molar-refractivity contribution >= 4 is 28.8 Å². The fraction of sp³-hybridized carbons (Fsp3) is 0.125. The Kier molecular flexibility index (Phi) is 4.61. The zero-order valence-electron chi connectivity index (χ0n) is 12.5. The second kappa shape index (κ2) is 6.84. The van der Waals surface area contributed by atoms with Crippen molar-refractivity contribution in [2.45, 2.75) is 6.61 Å². The van der Waals surface area contributed by atoms with E-state index in [0.29, 0.717) is 5.56 Å². The molecule has 2 aromatic carbocycles. The van der Waals surface area contributed by atoms with Crippen LogP contribution in [0, 0.1) is 0 Å². The smallest absolute Gasteiger partial charge is 0.387 e. The lowest BCUT2D eigenvalue weighted by atomic mass is 10.2. The number of nitrogens with zero attached hydrogens (tertiary/aromatic N) is 3. The summed E-state index contributed by atoms with van der Waals surface area (Å²) in [5, 5.41) is 4.30. The Morgan fingerprint density at radius 2 is 2.08 bits per heavy atom. The summed E-state index contributed by atoms with van der Waals surface area (Å²) >= 11 is 5.99. The number of fused-ring (bicyclic) bond motifs is 1. The summed E-state index contributed by atoms with van der Waals surface area (Å²) in [6, 6.07) is 10.5. The van der Waals surface area contributed by atoms with Gasteiger partial charge in [0.25, 0.3) is 0 Å². The van der Waals surface area contributed by atoms with Crippen molar-refractivity contribution in [3.8, 4) is 11.5 Å². The summed E-state index contributed by atoms with van der Waals surface area (Å²) in [6.07, 6.45) is 3.10. The highest BCUT2D eigenvalue weighted by atomic mass is 35.5. The first-order valence-corrected chi connectivity index (χ1v) is 7.25. The quantitative estimate of drug-likeness (QED) is 0.648. The highest BCUT2D eigenvalue weighted by Gasteiger charge is 2.15. The fourth-order valence-electron chi connectivity index (χ4n) is 2.18. The van der Waals surface area contributed by atoms with Crippen LogP contribution in [0.5, 0.6) is 11.5 Å². The topological polar surface area (TPSA) is 48.6 Å². The number of alkyl halides is 2. The summed E-state index contributed by atoms with van der Waals surface area (Å²) in [5.74, 6) is -0.112. The van der Waals surface area contributed by atoms with E-state index >= 15 is 0 Å². The first kappa shape index (κ1) is 16.2. The number of aromatic nitrogens is 2. The standard InChI is InChI=1S/C16H12ClF2N3O2/c1-23-14-7-10(6-11(17)15(14)24-16(18)19)8-21-22-9-20-12-4-2-3-5-13(12)22/h2-9,16H,1H3/b21-8-. The summed E-state index contributed by atoms with van der Waals surface area (Å²) in [6.45, 7) is -2.99. The Hall–Kier alpha value is -2.67. The van der Waals surface area contributed by atoms with Gasteiger partial charge in [-0.15, -0.1) is 0 Å². The molecule has 3 aromatic rings. The molecule has 124 valence electrons. The van der Waals surface area contributed by atoms with E-state index in [1.54, 1.807) is 11.0 Å². The molecule has 0 fully saturated rings. The predicted molar refractivity (Wildman–Crippen MR) is 87.4 cm³/mol. The average molecular weight is 352 g/mol. The minimum Gasteiger partial charge on any atom is -0.493 e. The number of ether oxygens (including phenoxy) is 2. The zero-order valence-corrected chi connectivity index (χ0v) is 13.2. The molecule has 8 heteroatoms. The molecular weight excluding hydrogens is 340 g/mol. The van der Waals surface area contributed by atoms with Gasteiger partial charge in [-0.25, -0.2) is 9.66 Å². The van der Waals surface area contributed by atoms with E-state index in [1.165, 1.54) is 25.5 Å². The van der Waals surface area contributed by atoms with Crippen molar-refractivity contribution in [2.75, 3.05) is 7.11 Å². The van der Waals surface area contributed by atoms with Crippen LogP contribution in [0.4, 0.5) is 8.78 Å². The maximum Gasteiger partial charge on any atom is 0.387 e. The summed E-state index contributed by atoms with van der Waals surface area (Å²) in [7, 11) is 1.34. The lowest BCUT2D eigenvalue weighted by Gasteiger charge is -2.12. The first-order valence-electron chi connectivity index (χ1n) is 6.87. The largest absolute Gasteiger partial charge is 0.493 e. The molecule has 0 atom stereocenters. The van der Waals surface area contributed by atoms with Crippen molar-refractivity contribution in [2.24, 2.45) is 5.10 Å². The molecule has 24 heavy (non-hydrogen) atoms. The molecule has 0 aliphatic rings. The molecule has 0 aliphatic heterocycles. The maximum atomic E-state index is 12.4. The molecule has 0 unspecified atom stereocenters. The lowest BCUT2D eigenvalue weighted by Crippen LogP contribution is -2.04. The van der Waals surface area contributed by atoms with Gasteiger partial charge in [-0.2, -0.15) is 13.9 Å². The molecule has 1 heterocycles. The van der Waals surface area contributed by atoms with E-state index < -0.39 is 6.61 Å². The number of imidazole rings is 1. The van der Waals surface area contributed by atoms with Crippen LogP contribution in [0.25, 0.3) is 11.0 Å². The molecule has 5 nitrogen and oxygen atoms in total. The molecule has 0 aliphatic carbocycles. The lowest BCUT2D eigenvalue weighted by molar-refractivity contribution is -0.0511. The van der Waals surface area contributed by atoms with Gasteiger partial charge in [0.1, 0.15) is 6.33 Å². The van der Waals surface area contributed by atoms with Gasteiger partial charge in [-0.05, 0) is 29.8 Å². The number of rotatable bonds is 5. The summed E-state index contributed by atoms with van der Waals surface area (Å²) < 4.78 is 35.9. The Morgan fingerprint density at radius 1 is 1.29 bits per heavy atom. The molecule has 1 aromatic heterocycles. The van der Waals surface area contributed by atoms with Crippen LogP contribution in [0.3, 0.4) is 0 Å². The Balaban J connectivity index is 1.94. The monoisotopic (exact) mass is 351 g/mol. The van der Waals surface area contributed by atoms with Crippen molar-refractivity contribution in [1.82, 2.24) is 9.66 Å². The first-order chi connectivity index (χ1) is 11.6. The molecule has 0 saturated heterocycles. The SMILES string of the molecule is COc1cc(/C=N\n2cnc3ccccc32)cc(Cl)c1OC(F)F. The van der Waals surface area contributed by atoms with Gasteiger partial charge in [-0.1, -0.05) is 23.7 Å². The number of benzene rings is 2. The molecular formula is C16H12ClF2N3O2. The summed E-state index contributed by atoms with van der Waals surface area (Å²) in [5.41, 5.74) is 2.21. The normalized spacial score (nSPS) is 11.5. The summed E-state index contributed by atoms with van der Waals surface area (Å²) in [4.78, 5) is 4.22. The van der Waals surface area contributed by atoms with Crippen molar-refractivity contribution in [1.29, 1.82) is 0 Å². The van der Waals surface area contributed by atoms with E-state index in [9.17, 15) is 8.78 Å². The van der Waals surface area contributed by atoms with Crippen LogP contribution in [0.2, 0.25) is 5.02 Å². The molecule has 0 radical (unpaired) electrons. The Labute approximate surface area is 141 Å². The average Bonchev–Trinajstić information content (AvgIpc) is 2.98. The van der Waals surface area contributed by atoms with Gasteiger partial charge in [0.2, 0.25) is 0 Å². The highest BCUT2D eigenvalue weighted by molar-refractivity contribution is 6.32. The number of hydrogen-bond donors (Lipinski definition) is 0. The second-order valence-electron chi connectivity index (χ2n) is 4.74. The van der Waals surface area contributed by atoms with Crippen LogP contribution in [-0.2, 0) is 0 Å². The third kappa shape index (κ3) is 3.30. The van der Waals surface area contributed by atoms with E-state index in [1.807, 2.05) is 24.3 Å². The molecule has 3 rings (SSSR count). The van der Waals surface area contributed by atoms with E-state index in [0.717, 1.165) is 11.0 Å². The Morgan fingerprint density at radius 3 is 2.83 bits per heavy atom. The number of methoxy groups -OCH3 is 1. The van der Waals surface area contributed by atoms with Gasteiger partial charge in [0.15, 0.2) is 11.5 Å². The van der Waals surface area contributed by atoms with Gasteiger partial charge in [0.05, 0.1) is 29.4 Å². The molecule has 0 amide bonds. The van der Waals surface area contributed by atoms with Crippen LogP contribution < -0.4 is 9.47 Å². The predicted octanol–water partition coefficient (Wildman–Crippen LogP) is 4.18. The van der Waals surface area contributed by atoms with Crippen LogP contribution in [0.15, 0.2) is 47.8 Å². The van der Waals surface area contributed by atoms with Gasteiger partial charge < -0.3 is 9.47 Å². The van der Waals surface area contributed by atoms with E-state index in [4.69, 9.17) is 16.3 Å². The van der Waals surface area contributed by atoms with E-state index in [-0.39, 0.29) is 16.5 Å². The highest BCUT2D eigenvalue weighted by Crippen LogP contribution is 2.37.